The van der Waals surface area contributed by atoms with Crippen LogP contribution in [0.5, 0.6) is 5.75 Å². The van der Waals surface area contributed by atoms with E-state index in [0.29, 0.717) is 18.0 Å². The molecule has 0 aliphatic carbocycles. The number of para-hydroxylation sites is 1. The summed E-state index contributed by atoms with van der Waals surface area (Å²) in [7, 11) is 1.68. The summed E-state index contributed by atoms with van der Waals surface area (Å²) in [6, 6.07) is 11.6. The van der Waals surface area contributed by atoms with Gasteiger partial charge in [0.2, 0.25) is 0 Å². The van der Waals surface area contributed by atoms with E-state index in [1.807, 2.05) is 24.3 Å². The molecule has 5 nitrogen and oxygen atoms in total. The van der Waals surface area contributed by atoms with Crippen molar-refractivity contribution < 1.29 is 9.53 Å². The Morgan fingerprint density at radius 2 is 1.96 bits per heavy atom. The Balaban J connectivity index is 1.81. The van der Waals surface area contributed by atoms with Crippen LogP contribution in [0.4, 0.5) is 5.82 Å². The molecule has 1 aromatic heterocycles. The maximum absolute atomic E-state index is 12.0. The lowest BCUT2D eigenvalue weighted by Crippen LogP contribution is -2.25. The number of methoxy groups -OCH3 is 1. The van der Waals surface area contributed by atoms with Gasteiger partial charge in [0.05, 0.1) is 12.7 Å². The van der Waals surface area contributed by atoms with Crippen LogP contribution in [0.3, 0.4) is 0 Å². The Kier molecular flexibility index (Phi) is 7.26. The van der Waals surface area contributed by atoms with Crippen LogP contribution in [0.15, 0.2) is 42.6 Å². The van der Waals surface area contributed by atoms with E-state index < -0.39 is 0 Å². The maximum Gasteiger partial charge on any atom is 0.252 e. The van der Waals surface area contributed by atoms with Crippen LogP contribution in [-0.4, -0.2) is 31.1 Å². The third-order valence-corrected chi connectivity index (χ3v) is 3.93. The van der Waals surface area contributed by atoms with Crippen LogP contribution in [0.1, 0.15) is 36.2 Å². The molecule has 1 heterocycles. The first-order valence-electron chi connectivity index (χ1n) is 8.70. The lowest BCUT2D eigenvalue weighted by atomic mass is 10.1. The molecule has 1 amide bonds. The van der Waals surface area contributed by atoms with E-state index in [1.165, 1.54) is 0 Å². The SMILES string of the molecule is COc1ccccc1CCNc1ccc(C(=O)NCCC(C)C)cn1. The number of ether oxygens (including phenoxy) is 1. The van der Waals surface area contributed by atoms with Gasteiger partial charge >= 0.3 is 0 Å². The number of hydrogen-bond acceptors (Lipinski definition) is 4. The standard InChI is InChI=1S/C20H27N3O2/c1-15(2)10-12-22-20(24)17-8-9-19(23-14-17)21-13-11-16-6-4-5-7-18(16)25-3/h4-9,14-15H,10-13H2,1-3H3,(H,21,23)(H,22,24). The van der Waals surface area contributed by atoms with E-state index in [-0.39, 0.29) is 5.91 Å². The van der Waals surface area contributed by atoms with Crippen molar-refractivity contribution in [2.45, 2.75) is 26.7 Å². The van der Waals surface area contributed by atoms with Crippen LogP contribution >= 0.6 is 0 Å². The molecule has 0 saturated carbocycles. The predicted molar refractivity (Wildman–Crippen MR) is 101 cm³/mol. The molecule has 2 rings (SSSR count). The highest BCUT2D eigenvalue weighted by Crippen LogP contribution is 2.17. The molecule has 2 N–H and O–H groups in total. The van der Waals surface area contributed by atoms with Crippen molar-refractivity contribution in [3.63, 3.8) is 0 Å². The number of hydrogen-bond donors (Lipinski definition) is 2. The van der Waals surface area contributed by atoms with Gasteiger partial charge in [0.15, 0.2) is 0 Å². The van der Waals surface area contributed by atoms with E-state index in [1.54, 1.807) is 19.4 Å². The smallest absolute Gasteiger partial charge is 0.252 e. The Morgan fingerprint density at radius 1 is 1.16 bits per heavy atom. The fraction of sp³-hybridized carbons (Fsp3) is 0.400. The van der Waals surface area contributed by atoms with Crippen LogP contribution in [0, 0.1) is 5.92 Å². The zero-order valence-corrected chi connectivity index (χ0v) is 15.2. The van der Waals surface area contributed by atoms with Crippen molar-refractivity contribution in [2.24, 2.45) is 5.92 Å². The van der Waals surface area contributed by atoms with Gasteiger partial charge in [0.25, 0.3) is 5.91 Å². The lowest BCUT2D eigenvalue weighted by Gasteiger charge is -2.10. The molecule has 0 saturated heterocycles. The third kappa shape index (κ3) is 6.10. The normalized spacial score (nSPS) is 10.6. The summed E-state index contributed by atoms with van der Waals surface area (Å²) >= 11 is 0. The highest BCUT2D eigenvalue weighted by atomic mass is 16.5. The molecular weight excluding hydrogens is 314 g/mol. The summed E-state index contributed by atoms with van der Waals surface area (Å²) in [5, 5.41) is 6.18. The van der Waals surface area contributed by atoms with Crippen molar-refractivity contribution in [3.8, 4) is 5.75 Å². The molecule has 134 valence electrons. The molecule has 5 heteroatoms. The summed E-state index contributed by atoms with van der Waals surface area (Å²) in [5.41, 5.74) is 1.73. The van der Waals surface area contributed by atoms with Crippen molar-refractivity contribution in [1.82, 2.24) is 10.3 Å². The monoisotopic (exact) mass is 341 g/mol. The summed E-state index contributed by atoms with van der Waals surface area (Å²) in [5.74, 6) is 2.15. The van der Waals surface area contributed by atoms with Crippen molar-refractivity contribution in [1.29, 1.82) is 0 Å². The topological polar surface area (TPSA) is 63.2 Å². The molecule has 0 bridgehead atoms. The first kappa shape index (κ1) is 18.8. The molecule has 0 fully saturated rings. The molecule has 2 aromatic rings. The van der Waals surface area contributed by atoms with Crippen molar-refractivity contribution >= 4 is 11.7 Å². The van der Waals surface area contributed by atoms with Gasteiger partial charge < -0.3 is 15.4 Å². The Hall–Kier alpha value is -2.56. The number of carbonyl (C=O) groups is 1. The number of anilines is 1. The minimum Gasteiger partial charge on any atom is -0.496 e. The Bertz CT molecular complexity index is 669. The molecule has 0 unspecified atom stereocenters. The van der Waals surface area contributed by atoms with Gasteiger partial charge in [-0.25, -0.2) is 4.98 Å². The zero-order chi connectivity index (χ0) is 18.1. The molecule has 0 spiro atoms. The third-order valence-electron chi connectivity index (χ3n) is 3.93. The number of nitrogens with one attached hydrogen (secondary N) is 2. The van der Waals surface area contributed by atoms with Crippen molar-refractivity contribution in [3.05, 3.63) is 53.7 Å². The number of amides is 1. The average Bonchev–Trinajstić information content (AvgIpc) is 2.62. The Morgan fingerprint density at radius 3 is 2.64 bits per heavy atom. The second-order valence-electron chi connectivity index (χ2n) is 6.36. The van der Waals surface area contributed by atoms with E-state index in [4.69, 9.17) is 4.74 Å². The fourth-order valence-corrected chi connectivity index (χ4v) is 2.44. The quantitative estimate of drug-likeness (QED) is 0.732. The largest absolute Gasteiger partial charge is 0.496 e. The van der Waals surface area contributed by atoms with E-state index in [2.05, 4.69) is 35.5 Å². The first-order valence-corrected chi connectivity index (χ1v) is 8.70. The minimum atomic E-state index is -0.0753. The molecular formula is C20H27N3O2. The molecule has 25 heavy (non-hydrogen) atoms. The number of pyridine rings is 1. The van der Waals surface area contributed by atoms with Crippen molar-refractivity contribution in [2.75, 3.05) is 25.5 Å². The van der Waals surface area contributed by atoms with Gasteiger partial charge in [0.1, 0.15) is 11.6 Å². The lowest BCUT2D eigenvalue weighted by molar-refractivity contribution is 0.0951. The van der Waals surface area contributed by atoms with Crippen LogP contribution < -0.4 is 15.4 Å². The number of benzene rings is 1. The maximum atomic E-state index is 12.0. The first-order chi connectivity index (χ1) is 12.1. The zero-order valence-electron chi connectivity index (χ0n) is 15.2. The second kappa shape index (κ2) is 9.67. The van der Waals surface area contributed by atoms with Crippen LogP contribution in [0.25, 0.3) is 0 Å². The fourth-order valence-electron chi connectivity index (χ4n) is 2.44. The van der Waals surface area contributed by atoms with Gasteiger partial charge in [-0.15, -0.1) is 0 Å². The average molecular weight is 341 g/mol. The molecule has 0 atom stereocenters. The van der Waals surface area contributed by atoms with Crippen LogP contribution in [-0.2, 0) is 6.42 Å². The number of nitrogens with zero attached hydrogens (tertiary/aromatic N) is 1. The highest BCUT2D eigenvalue weighted by molar-refractivity contribution is 5.94. The summed E-state index contributed by atoms with van der Waals surface area (Å²) < 4.78 is 5.35. The van der Waals surface area contributed by atoms with Gasteiger partial charge in [-0.05, 0) is 42.5 Å². The van der Waals surface area contributed by atoms with Gasteiger partial charge in [-0.3, -0.25) is 4.79 Å². The van der Waals surface area contributed by atoms with E-state index in [9.17, 15) is 4.79 Å². The van der Waals surface area contributed by atoms with E-state index >= 15 is 0 Å². The molecule has 0 aliphatic heterocycles. The second-order valence-corrected chi connectivity index (χ2v) is 6.36. The van der Waals surface area contributed by atoms with Gasteiger partial charge in [-0.2, -0.15) is 0 Å². The molecule has 1 aromatic carbocycles. The summed E-state index contributed by atoms with van der Waals surface area (Å²) in [6.45, 7) is 5.71. The predicted octanol–water partition coefficient (Wildman–Crippen LogP) is 3.52. The van der Waals surface area contributed by atoms with E-state index in [0.717, 1.165) is 36.5 Å². The molecule has 0 radical (unpaired) electrons. The number of rotatable bonds is 9. The summed E-state index contributed by atoms with van der Waals surface area (Å²) in [4.78, 5) is 16.3. The Labute approximate surface area is 149 Å². The number of aromatic nitrogens is 1. The number of carbonyl (C=O) groups excluding carboxylic acids is 1. The van der Waals surface area contributed by atoms with Gasteiger partial charge in [0, 0.05) is 19.3 Å². The summed E-state index contributed by atoms with van der Waals surface area (Å²) in [6.07, 6.45) is 3.42. The minimum absolute atomic E-state index is 0.0753. The highest BCUT2D eigenvalue weighted by Gasteiger charge is 2.06. The van der Waals surface area contributed by atoms with Crippen LogP contribution in [0.2, 0.25) is 0 Å². The van der Waals surface area contributed by atoms with Gasteiger partial charge in [-0.1, -0.05) is 32.0 Å². The molecule has 0 aliphatic rings.